The third kappa shape index (κ3) is 2.71. The maximum atomic E-state index is 11.2. The number of rotatable bonds is 3. The molecule has 2 aromatic rings. The van der Waals surface area contributed by atoms with E-state index in [4.69, 9.17) is 4.74 Å². The van der Waals surface area contributed by atoms with Gasteiger partial charge in [-0.3, -0.25) is 0 Å². The van der Waals surface area contributed by atoms with Crippen LogP contribution in [0.2, 0.25) is 0 Å². The van der Waals surface area contributed by atoms with Crippen LogP contribution >= 0.6 is 11.3 Å². The Morgan fingerprint density at radius 2 is 2.35 bits per heavy atom. The highest BCUT2D eigenvalue weighted by molar-refractivity contribution is 7.18. The lowest BCUT2D eigenvalue weighted by atomic mass is 10.2. The maximum absolute atomic E-state index is 11.2. The molecule has 3 nitrogen and oxygen atoms in total. The van der Waals surface area contributed by atoms with Crippen LogP contribution in [0.3, 0.4) is 0 Å². The van der Waals surface area contributed by atoms with Crippen LogP contribution in [0, 0.1) is 6.92 Å². The van der Waals surface area contributed by atoms with Crippen LogP contribution in [0.25, 0.3) is 16.3 Å². The standard InChI is InChI=1S/C13H13NO2S/c1-3-16-12(15)8-7-10-5-4-6-11-13(10)17-9(2)14-11/h4-8H,3H2,1-2H3/b8-7+. The summed E-state index contributed by atoms with van der Waals surface area (Å²) < 4.78 is 5.95. The fourth-order valence-corrected chi connectivity index (χ4v) is 2.47. The minimum atomic E-state index is -0.314. The molecule has 0 spiro atoms. The highest BCUT2D eigenvalue weighted by atomic mass is 32.1. The Kier molecular flexibility index (Phi) is 3.54. The molecule has 88 valence electrons. The topological polar surface area (TPSA) is 39.2 Å². The van der Waals surface area contributed by atoms with Gasteiger partial charge in [0.05, 0.1) is 21.8 Å². The Labute approximate surface area is 104 Å². The van der Waals surface area contributed by atoms with E-state index in [0.29, 0.717) is 6.61 Å². The normalized spacial score (nSPS) is 11.2. The van der Waals surface area contributed by atoms with Gasteiger partial charge in [0.2, 0.25) is 0 Å². The van der Waals surface area contributed by atoms with E-state index in [2.05, 4.69) is 4.98 Å². The lowest BCUT2D eigenvalue weighted by Crippen LogP contribution is -1.98. The number of nitrogens with zero attached hydrogens (tertiary/aromatic N) is 1. The van der Waals surface area contributed by atoms with Crippen molar-refractivity contribution in [3.8, 4) is 0 Å². The monoisotopic (exact) mass is 247 g/mol. The van der Waals surface area contributed by atoms with Crippen molar-refractivity contribution >= 4 is 33.6 Å². The van der Waals surface area contributed by atoms with Crippen molar-refractivity contribution in [3.63, 3.8) is 0 Å². The summed E-state index contributed by atoms with van der Waals surface area (Å²) >= 11 is 1.63. The van der Waals surface area contributed by atoms with Crippen molar-refractivity contribution in [1.82, 2.24) is 4.98 Å². The van der Waals surface area contributed by atoms with Gasteiger partial charge in [0.25, 0.3) is 0 Å². The second kappa shape index (κ2) is 5.10. The zero-order valence-electron chi connectivity index (χ0n) is 9.77. The first-order chi connectivity index (χ1) is 8.20. The van der Waals surface area contributed by atoms with E-state index >= 15 is 0 Å². The van der Waals surface area contributed by atoms with Crippen LogP contribution in [0.4, 0.5) is 0 Å². The Bertz CT molecular complexity index is 572. The quantitative estimate of drug-likeness (QED) is 0.617. The van der Waals surface area contributed by atoms with Crippen molar-refractivity contribution in [1.29, 1.82) is 0 Å². The van der Waals surface area contributed by atoms with E-state index in [1.54, 1.807) is 24.3 Å². The number of thiazole rings is 1. The summed E-state index contributed by atoms with van der Waals surface area (Å²) in [6, 6.07) is 5.88. The van der Waals surface area contributed by atoms with Crippen LogP contribution in [-0.2, 0) is 9.53 Å². The van der Waals surface area contributed by atoms with Crippen molar-refractivity contribution in [2.45, 2.75) is 13.8 Å². The molecule has 0 bridgehead atoms. The first kappa shape index (κ1) is 11.8. The summed E-state index contributed by atoms with van der Waals surface area (Å²) in [6.45, 7) is 4.16. The van der Waals surface area contributed by atoms with Gasteiger partial charge in [-0.05, 0) is 31.6 Å². The number of fused-ring (bicyclic) bond motifs is 1. The predicted octanol–water partition coefficient (Wildman–Crippen LogP) is 3.18. The molecular formula is C13H13NO2S. The number of aromatic nitrogens is 1. The molecule has 17 heavy (non-hydrogen) atoms. The molecule has 4 heteroatoms. The van der Waals surface area contributed by atoms with E-state index in [9.17, 15) is 4.79 Å². The summed E-state index contributed by atoms with van der Waals surface area (Å²) in [5.41, 5.74) is 1.97. The molecule has 0 aliphatic carbocycles. The molecule has 1 aromatic carbocycles. The average Bonchev–Trinajstić information content (AvgIpc) is 2.67. The summed E-state index contributed by atoms with van der Waals surface area (Å²) in [5.74, 6) is -0.314. The molecule has 1 aromatic heterocycles. The van der Waals surface area contributed by atoms with Crippen LogP contribution in [-0.4, -0.2) is 17.6 Å². The molecule has 0 fully saturated rings. The van der Waals surface area contributed by atoms with Crippen molar-refractivity contribution in [2.75, 3.05) is 6.61 Å². The van der Waals surface area contributed by atoms with Gasteiger partial charge in [-0.2, -0.15) is 0 Å². The van der Waals surface area contributed by atoms with Gasteiger partial charge < -0.3 is 4.74 Å². The highest BCUT2D eigenvalue weighted by Crippen LogP contribution is 2.26. The second-order valence-corrected chi connectivity index (χ2v) is 4.72. The van der Waals surface area contributed by atoms with Gasteiger partial charge in [0.15, 0.2) is 0 Å². The Morgan fingerprint density at radius 1 is 1.53 bits per heavy atom. The van der Waals surface area contributed by atoms with Gasteiger partial charge >= 0.3 is 5.97 Å². The summed E-state index contributed by atoms with van der Waals surface area (Å²) in [7, 11) is 0. The SMILES string of the molecule is CCOC(=O)/C=C/c1cccc2nc(C)sc12. The molecule has 0 aliphatic heterocycles. The molecule has 0 saturated heterocycles. The van der Waals surface area contributed by atoms with Gasteiger partial charge in [0.1, 0.15) is 0 Å². The Balaban J connectivity index is 2.32. The number of aryl methyl sites for hydroxylation is 1. The molecule has 2 rings (SSSR count). The number of carbonyl (C=O) groups excluding carboxylic acids is 1. The summed E-state index contributed by atoms with van der Waals surface area (Å²) in [5, 5.41) is 1.02. The third-order valence-corrected chi connectivity index (χ3v) is 3.27. The lowest BCUT2D eigenvalue weighted by Gasteiger charge is -1.96. The molecule has 0 aliphatic rings. The smallest absolute Gasteiger partial charge is 0.330 e. The van der Waals surface area contributed by atoms with Gasteiger partial charge in [0, 0.05) is 6.08 Å². The van der Waals surface area contributed by atoms with Crippen LogP contribution < -0.4 is 0 Å². The minimum Gasteiger partial charge on any atom is -0.463 e. The van der Waals surface area contributed by atoms with E-state index in [0.717, 1.165) is 20.8 Å². The summed E-state index contributed by atoms with van der Waals surface area (Å²) in [6.07, 6.45) is 3.23. The number of hydrogen-bond acceptors (Lipinski definition) is 4. The Hall–Kier alpha value is -1.68. The first-order valence-corrected chi connectivity index (χ1v) is 6.23. The van der Waals surface area contributed by atoms with E-state index in [1.165, 1.54) is 6.08 Å². The zero-order valence-corrected chi connectivity index (χ0v) is 10.6. The van der Waals surface area contributed by atoms with Gasteiger partial charge in [-0.25, -0.2) is 9.78 Å². The number of hydrogen-bond donors (Lipinski definition) is 0. The molecular weight excluding hydrogens is 234 g/mol. The van der Waals surface area contributed by atoms with Gasteiger partial charge in [-0.15, -0.1) is 11.3 Å². The zero-order chi connectivity index (χ0) is 12.3. The van der Waals surface area contributed by atoms with E-state index in [1.807, 2.05) is 25.1 Å². The molecule has 0 atom stereocenters. The molecule has 0 radical (unpaired) electrons. The van der Waals surface area contributed by atoms with Gasteiger partial charge in [-0.1, -0.05) is 12.1 Å². The van der Waals surface area contributed by atoms with Crippen molar-refractivity contribution in [3.05, 3.63) is 34.8 Å². The number of esters is 1. The molecule has 0 N–H and O–H groups in total. The number of benzene rings is 1. The molecule has 1 heterocycles. The van der Waals surface area contributed by atoms with E-state index in [-0.39, 0.29) is 5.97 Å². The minimum absolute atomic E-state index is 0.314. The second-order valence-electron chi connectivity index (χ2n) is 3.51. The lowest BCUT2D eigenvalue weighted by molar-refractivity contribution is -0.137. The van der Waals surface area contributed by atoms with Crippen LogP contribution in [0.5, 0.6) is 0 Å². The fourth-order valence-electron chi connectivity index (χ4n) is 1.56. The van der Waals surface area contributed by atoms with Crippen molar-refractivity contribution < 1.29 is 9.53 Å². The highest BCUT2D eigenvalue weighted by Gasteiger charge is 2.03. The first-order valence-electron chi connectivity index (χ1n) is 5.41. The largest absolute Gasteiger partial charge is 0.463 e. The third-order valence-electron chi connectivity index (χ3n) is 2.24. The molecule has 0 saturated carbocycles. The fraction of sp³-hybridized carbons (Fsp3) is 0.231. The van der Waals surface area contributed by atoms with E-state index < -0.39 is 0 Å². The Morgan fingerprint density at radius 3 is 3.12 bits per heavy atom. The molecule has 0 unspecified atom stereocenters. The number of ether oxygens (including phenoxy) is 1. The van der Waals surface area contributed by atoms with Crippen LogP contribution in [0.15, 0.2) is 24.3 Å². The molecule has 0 amide bonds. The maximum Gasteiger partial charge on any atom is 0.330 e. The summed E-state index contributed by atoms with van der Waals surface area (Å²) in [4.78, 5) is 15.6. The van der Waals surface area contributed by atoms with Crippen LogP contribution in [0.1, 0.15) is 17.5 Å². The predicted molar refractivity (Wildman–Crippen MR) is 70.0 cm³/mol. The average molecular weight is 247 g/mol. The number of carbonyl (C=O) groups is 1. The van der Waals surface area contributed by atoms with Crippen molar-refractivity contribution in [2.24, 2.45) is 0 Å².